The molecule has 0 aliphatic carbocycles. The Balaban J connectivity index is 1.95. The second-order valence-electron chi connectivity index (χ2n) is 6.22. The summed E-state index contributed by atoms with van der Waals surface area (Å²) in [4.78, 5) is 6.49. The zero-order chi connectivity index (χ0) is 19.9. The van der Waals surface area contributed by atoms with Gasteiger partial charge in [0.1, 0.15) is 5.75 Å². The predicted octanol–water partition coefficient (Wildman–Crippen LogP) is 2.46. The third-order valence-corrected chi connectivity index (χ3v) is 5.84. The van der Waals surface area contributed by atoms with Gasteiger partial charge in [0.05, 0.1) is 18.9 Å². The van der Waals surface area contributed by atoms with E-state index in [1.165, 1.54) is 0 Å². The first-order valence-electron chi connectivity index (χ1n) is 9.08. The van der Waals surface area contributed by atoms with E-state index in [4.69, 9.17) is 9.26 Å². The molecule has 0 bridgehead atoms. The van der Waals surface area contributed by atoms with Gasteiger partial charge in [0.2, 0.25) is 21.7 Å². The van der Waals surface area contributed by atoms with Crippen molar-refractivity contribution in [3.05, 3.63) is 30.2 Å². The molecule has 0 fully saturated rings. The third-order valence-electron chi connectivity index (χ3n) is 4.30. The van der Waals surface area contributed by atoms with E-state index in [1.54, 1.807) is 26.2 Å². The van der Waals surface area contributed by atoms with Gasteiger partial charge < -0.3 is 14.2 Å². The number of nitrogens with one attached hydrogen (secondary N) is 1. The molecule has 9 heteroatoms. The summed E-state index contributed by atoms with van der Waals surface area (Å²) in [6, 6.07) is 6.63. The van der Waals surface area contributed by atoms with Gasteiger partial charge in [-0.1, -0.05) is 19.0 Å². The summed E-state index contributed by atoms with van der Waals surface area (Å²) in [6.45, 7) is 8.40. The first-order valence-corrected chi connectivity index (χ1v) is 10.7. The number of benzene rings is 1. The van der Waals surface area contributed by atoms with Crippen molar-refractivity contribution in [2.24, 2.45) is 0 Å². The van der Waals surface area contributed by atoms with Crippen LogP contribution in [0.4, 0.5) is 0 Å². The minimum absolute atomic E-state index is 0.0628. The highest BCUT2D eigenvalue weighted by Crippen LogP contribution is 2.21. The number of sulfonamides is 1. The molecule has 0 unspecified atom stereocenters. The van der Waals surface area contributed by atoms with E-state index in [-0.39, 0.29) is 11.6 Å². The van der Waals surface area contributed by atoms with Gasteiger partial charge in [-0.25, -0.2) is 13.1 Å². The van der Waals surface area contributed by atoms with Crippen LogP contribution in [0.3, 0.4) is 0 Å². The number of aromatic nitrogens is 2. The molecule has 0 saturated carbocycles. The molecule has 0 radical (unpaired) electrons. The summed E-state index contributed by atoms with van der Waals surface area (Å²) in [5.74, 6) is 1.43. The zero-order valence-electron chi connectivity index (χ0n) is 16.3. The molecule has 1 atom stereocenters. The van der Waals surface area contributed by atoms with Crippen LogP contribution in [0.2, 0.25) is 0 Å². The van der Waals surface area contributed by atoms with Crippen molar-refractivity contribution < 1.29 is 17.7 Å². The Morgan fingerprint density at radius 3 is 2.48 bits per heavy atom. The molecule has 1 aromatic heterocycles. The molecular formula is C18H28N4O4S. The lowest BCUT2D eigenvalue weighted by atomic mass is 10.2. The Morgan fingerprint density at radius 2 is 1.89 bits per heavy atom. The molecule has 1 aromatic carbocycles. The van der Waals surface area contributed by atoms with Crippen molar-refractivity contribution in [1.29, 1.82) is 0 Å². The van der Waals surface area contributed by atoms with Crippen LogP contribution in [0.15, 0.2) is 28.8 Å². The van der Waals surface area contributed by atoms with Crippen molar-refractivity contribution in [2.45, 2.75) is 33.2 Å². The Bertz CT molecular complexity index is 801. The average molecular weight is 397 g/mol. The Kier molecular flexibility index (Phi) is 7.76. The molecule has 0 aliphatic rings. The molecule has 150 valence electrons. The summed E-state index contributed by atoms with van der Waals surface area (Å²) in [7, 11) is -1.83. The number of rotatable bonds is 11. The number of hydrogen-bond acceptors (Lipinski definition) is 7. The third kappa shape index (κ3) is 6.30. The summed E-state index contributed by atoms with van der Waals surface area (Å²) < 4.78 is 37.5. The monoisotopic (exact) mass is 396 g/mol. The summed E-state index contributed by atoms with van der Waals surface area (Å²) in [5.41, 5.74) is 0.764. The quantitative estimate of drug-likeness (QED) is 0.623. The van der Waals surface area contributed by atoms with E-state index in [9.17, 15) is 8.42 Å². The highest BCUT2D eigenvalue weighted by atomic mass is 32.2. The van der Waals surface area contributed by atoms with Crippen LogP contribution in [0.25, 0.3) is 11.4 Å². The van der Waals surface area contributed by atoms with E-state index in [0.717, 1.165) is 30.9 Å². The normalized spacial score (nSPS) is 13.1. The molecule has 0 amide bonds. The van der Waals surface area contributed by atoms with E-state index >= 15 is 0 Å². The van der Waals surface area contributed by atoms with Gasteiger partial charge in [-0.05, 0) is 57.2 Å². The van der Waals surface area contributed by atoms with Gasteiger partial charge >= 0.3 is 0 Å². The van der Waals surface area contributed by atoms with Crippen LogP contribution in [-0.4, -0.2) is 56.0 Å². The Labute approximate surface area is 161 Å². The lowest BCUT2D eigenvalue weighted by Crippen LogP contribution is -2.32. The highest BCUT2D eigenvalue weighted by molar-refractivity contribution is 7.89. The van der Waals surface area contributed by atoms with Crippen LogP contribution in [-0.2, 0) is 10.0 Å². The zero-order valence-corrected chi connectivity index (χ0v) is 17.1. The minimum Gasteiger partial charge on any atom is -0.497 e. The standard InChI is InChI=1S/C18H28N4O4S/c1-5-22(6-2)12-7-13-27(23,24)21-14(3)18-19-17(20-26-18)15-8-10-16(25-4)11-9-15/h8-11,14,21H,5-7,12-13H2,1-4H3/t14-/m0/s1. The molecule has 1 N–H and O–H groups in total. The second kappa shape index (κ2) is 9.82. The fraction of sp³-hybridized carbons (Fsp3) is 0.556. The molecule has 8 nitrogen and oxygen atoms in total. The van der Waals surface area contributed by atoms with Gasteiger partial charge in [0.25, 0.3) is 0 Å². The average Bonchev–Trinajstić information content (AvgIpc) is 3.15. The van der Waals surface area contributed by atoms with Crippen LogP contribution in [0.1, 0.15) is 39.1 Å². The fourth-order valence-corrected chi connectivity index (χ4v) is 3.93. The maximum atomic E-state index is 12.3. The van der Waals surface area contributed by atoms with Gasteiger partial charge in [0.15, 0.2) is 0 Å². The van der Waals surface area contributed by atoms with Crippen molar-refractivity contribution >= 4 is 10.0 Å². The molecule has 27 heavy (non-hydrogen) atoms. The maximum absolute atomic E-state index is 12.3. The van der Waals surface area contributed by atoms with Crippen molar-refractivity contribution in [1.82, 2.24) is 19.8 Å². The predicted molar refractivity (Wildman–Crippen MR) is 104 cm³/mol. The molecule has 2 aromatic rings. The van der Waals surface area contributed by atoms with E-state index in [0.29, 0.717) is 12.2 Å². The molecule has 0 aliphatic heterocycles. The maximum Gasteiger partial charge on any atom is 0.244 e. The summed E-state index contributed by atoms with van der Waals surface area (Å²) >= 11 is 0. The molecular weight excluding hydrogens is 368 g/mol. The highest BCUT2D eigenvalue weighted by Gasteiger charge is 2.21. The first-order chi connectivity index (χ1) is 12.9. The SMILES string of the molecule is CCN(CC)CCCS(=O)(=O)N[C@@H](C)c1nc(-c2ccc(OC)cc2)no1. The van der Waals surface area contributed by atoms with Crippen LogP contribution in [0.5, 0.6) is 5.75 Å². The van der Waals surface area contributed by atoms with E-state index < -0.39 is 16.1 Å². The van der Waals surface area contributed by atoms with Crippen LogP contribution < -0.4 is 9.46 Å². The van der Waals surface area contributed by atoms with Gasteiger partial charge in [-0.2, -0.15) is 4.98 Å². The van der Waals surface area contributed by atoms with E-state index in [2.05, 4.69) is 33.6 Å². The van der Waals surface area contributed by atoms with Gasteiger partial charge in [-0.15, -0.1) is 0 Å². The largest absolute Gasteiger partial charge is 0.497 e. The number of ether oxygens (including phenoxy) is 1. The number of methoxy groups -OCH3 is 1. The molecule has 2 rings (SSSR count). The van der Waals surface area contributed by atoms with Crippen LogP contribution in [0, 0.1) is 0 Å². The van der Waals surface area contributed by atoms with Crippen molar-refractivity contribution in [3.8, 4) is 17.1 Å². The first kappa shape index (κ1) is 21.3. The number of nitrogens with zero attached hydrogens (tertiary/aromatic N) is 3. The molecule has 1 heterocycles. The van der Waals surface area contributed by atoms with E-state index in [1.807, 2.05) is 12.1 Å². The van der Waals surface area contributed by atoms with Gasteiger partial charge in [-0.3, -0.25) is 0 Å². The lowest BCUT2D eigenvalue weighted by Gasteiger charge is -2.18. The summed E-state index contributed by atoms with van der Waals surface area (Å²) in [6.07, 6.45) is 0.574. The van der Waals surface area contributed by atoms with Crippen molar-refractivity contribution in [3.63, 3.8) is 0 Å². The van der Waals surface area contributed by atoms with Gasteiger partial charge in [0, 0.05) is 5.56 Å². The Morgan fingerprint density at radius 1 is 1.22 bits per heavy atom. The molecule has 0 saturated heterocycles. The fourth-order valence-electron chi connectivity index (χ4n) is 2.67. The van der Waals surface area contributed by atoms with Crippen LogP contribution >= 0.6 is 0 Å². The Hall–Kier alpha value is -1.97. The second-order valence-corrected chi connectivity index (χ2v) is 8.10. The number of hydrogen-bond donors (Lipinski definition) is 1. The molecule has 0 spiro atoms. The topological polar surface area (TPSA) is 97.6 Å². The van der Waals surface area contributed by atoms with Crippen molar-refractivity contribution in [2.75, 3.05) is 32.5 Å². The lowest BCUT2D eigenvalue weighted by molar-refractivity contribution is 0.304. The minimum atomic E-state index is -3.43. The smallest absolute Gasteiger partial charge is 0.244 e. The summed E-state index contributed by atoms with van der Waals surface area (Å²) in [5, 5.41) is 3.93.